The molecule has 0 spiro atoms. The number of nitrogens with zero attached hydrogens (tertiary/aromatic N) is 4. The van der Waals surface area contributed by atoms with Gasteiger partial charge < -0.3 is 0 Å². The summed E-state index contributed by atoms with van der Waals surface area (Å²) in [6.45, 7) is 3.95. The van der Waals surface area contributed by atoms with Gasteiger partial charge in [-0.1, -0.05) is 29.3 Å². The minimum Gasteiger partial charge on any atom is -0.281 e. The number of hydrogen-bond acceptors (Lipinski definition) is 3. The van der Waals surface area contributed by atoms with Gasteiger partial charge in [-0.3, -0.25) is 4.40 Å². The number of aryl methyl sites for hydroxylation is 2. The van der Waals surface area contributed by atoms with E-state index in [1.807, 2.05) is 54.6 Å². The highest BCUT2D eigenvalue weighted by atomic mass is 35.5. The molecule has 3 rings (SSSR count). The zero-order valence-electron chi connectivity index (χ0n) is 11.2. The molecule has 0 aliphatic rings. The quantitative estimate of drug-likeness (QED) is 0.609. The first kappa shape index (κ1) is 12.8. The van der Waals surface area contributed by atoms with Crippen molar-refractivity contribution in [3.05, 3.63) is 58.9 Å². The van der Waals surface area contributed by atoms with E-state index in [1.54, 1.807) is 6.20 Å². The van der Waals surface area contributed by atoms with Crippen LogP contribution in [0.25, 0.3) is 5.65 Å². The second kappa shape index (κ2) is 5.06. The van der Waals surface area contributed by atoms with E-state index in [4.69, 9.17) is 11.6 Å². The molecule has 0 saturated carbocycles. The van der Waals surface area contributed by atoms with E-state index < -0.39 is 0 Å². The Balaban J connectivity index is 2.03. The van der Waals surface area contributed by atoms with Gasteiger partial charge in [0.25, 0.3) is 0 Å². The summed E-state index contributed by atoms with van der Waals surface area (Å²) >= 11 is 6.01. The number of imidazole rings is 1. The third kappa shape index (κ3) is 2.42. The number of azo groups is 1. The standard InChI is InChI=1S/C15H13ClN4/c1-10-3-6-13(7-4-10)18-19-15-11(2)17-14-8-5-12(16)9-20(14)15/h3-9H,1-2H3. The Morgan fingerprint density at radius 3 is 2.50 bits per heavy atom. The van der Waals surface area contributed by atoms with Crippen molar-refractivity contribution >= 4 is 28.8 Å². The number of benzene rings is 1. The summed E-state index contributed by atoms with van der Waals surface area (Å²) in [5.41, 5.74) is 3.64. The lowest BCUT2D eigenvalue weighted by Crippen LogP contribution is -1.82. The Morgan fingerprint density at radius 1 is 1.00 bits per heavy atom. The van der Waals surface area contributed by atoms with Crippen molar-refractivity contribution in [2.24, 2.45) is 10.2 Å². The number of pyridine rings is 1. The van der Waals surface area contributed by atoms with E-state index in [0.29, 0.717) is 10.8 Å². The van der Waals surface area contributed by atoms with E-state index in [9.17, 15) is 0 Å². The van der Waals surface area contributed by atoms with E-state index in [0.717, 1.165) is 17.0 Å². The highest BCUT2D eigenvalue weighted by Gasteiger charge is 2.08. The topological polar surface area (TPSA) is 42.0 Å². The Morgan fingerprint density at radius 2 is 1.75 bits per heavy atom. The van der Waals surface area contributed by atoms with Gasteiger partial charge in [-0.15, -0.1) is 10.2 Å². The summed E-state index contributed by atoms with van der Waals surface area (Å²) in [7, 11) is 0. The molecule has 100 valence electrons. The predicted octanol–water partition coefficient (Wildman–Crippen LogP) is 5.02. The summed E-state index contributed by atoms with van der Waals surface area (Å²) in [5.74, 6) is 0.697. The van der Waals surface area contributed by atoms with E-state index in [1.165, 1.54) is 5.56 Å². The molecule has 0 radical (unpaired) electrons. The lowest BCUT2D eigenvalue weighted by Gasteiger charge is -1.97. The smallest absolute Gasteiger partial charge is 0.182 e. The summed E-state index contributed by atoms with van der Waals surface area (Å²) in [6.07, 6.45) is 1.79. The molecule has 2 heterocycles. The van der Waals surface area contributed by atoms with Gasteiger partial charge in [-0.25, -0.2) is 4.98 Å². The molecule has 0 unspecified atom stereocenters. The van der Waals surface area contributed by atoms with Crippen molar-refractivity contribution in [1.29, 1.82) is 0 Å². The summed E-state index contributed by atoms with van der Waals surface area (Å²) in [6, 6.07) is 11.6. The van der Waals surface area contributed by atoms with Gasteiger partial charge in [-0.05, 0) is 38.1 Å². The maximum atomic E-state index is 6.01. The van der Waals surface area contributed by atoms with Crippen LogP contribution in [0.15, 0.2) is 52.8 Å². The maximum absolute atomic E-state index is 6.01. The van der Waals surface area contributed by atoms with Crippen molar-refractivity contribution in [3.8, 4) is 0 Å². The molecule has 0 aliphatic carbocycles. The van der Waals surface area contributed by atoms with Crippen molar-refractivity contribution < 1.29 is 0 Å². The first-order chi connectivity index (χ1) is 9.63. The fraction of sp³-hybridized carbons (Fsp3) is 0.133. The monoisotopic (exact) mass is 284 g/mol. The molecule has 4 nitrogen and oxygen atoms in total. The molecular formula is C15H13ClN4. The molecule has 2 aromatic heterocycles. The van der Waals surface area contributed by atoms with Crippen LogP contribution in [0.2, 0.25) is 5.02 Å². The predicted molar refractivity (Wildman–Crippen MR) is 80.3 cm³/mol. The van der Waals surface area contributed by atoms with Crippen molar-refractivity contribution in [1.82, 2.24) is 9.38 Å². The van der Waals surface area contributed by atoms with Crippen LogP contribution in [0.3, 0.4) is 0 Å². The number of aromatic nitrogens is 2. The molecule has 0 N–H and O–H groups in total. The number of hydrogen-bond donors (Lipinski definition) is 0. The Labute approximate surface area is 121 Å². The van der Waals surface area contributed by atoms with Gasteiger partial charge in [0.05, 0.1) is 16.4 Å². The second-order valence-corrected chi connectivity index (χ2v) is 5.07. The fourth-order valence-corrected chi connectivity index (χ4v) is 2.12. The normalized spacial score (nSPS) is 11.6. The van der Waals surface area contributed by atoms with Crippen LogP contribution in [0, 0.1) is 13.8 Å². The second-order valence-electron chi connectivity index (χ2n) is 4.63. The molecule has 0 atom stereocenters. The van der Waals surface area contributed by atoms with Crippen LogP contribution in [0.5, 0.6) is 0 Å². The average Bonchev–Trinajstić information content (AvgIpc) is 2.73. The molecule has 0 bridgehead atoms. The van der Waals surface area contributed by atoms with Gasteiger partial charge in [0.15, 0.2) is 5.82 Å². The Hall–Kier alpha value is -2.20. The lowest BCUT2D eigenvalue weighted by atomic mass is 10.2. The molecule has 5 heteroatoms. The van der Waals surface area contributed by atoms with Crippen LogP contribution in [0.1, 0.15) is 11.3 Å². The summed E-state index contributed by atoms with van der Waals surface area (Å²) in [5, 5.41) is 9.19. The van der Waals surface area contributed by atoms with Crippen LogP contribution in [0.4, 0.5) is 11.5 Å². The van der Waals surface area contributed by atoms with Gasteiger partial charge in [0.1, 0.15) is 5.65 Å². The van der Waals surface area contributed by atoms with Gasteiger partial charge >= 0.3 is 0 Å². The van der Waals surface area contributed by atoms with Gasteiger partial charge in [0.2, 0.25) is 0 Å². The molecule has 0 amide bonds. The number of halogens is 1. The van der Waals surface area contributed by atoms with Gasteiger partial charge in [-0.2, -0.15) is 0 Å². The molecular weight excluding hydrogens is 272 g/mol. The first-order valence-corrected chi connectivity index (χ1v) is 6.64. The van der Waals surface area contributed by atoms with E-state index >= 15 is 0 Å². The molecule has 0 saturated heterocycles. The van der Waals surface area contributed by atoms with E-state index in [2.05, 4.69) is 15.2 Å². The van der Waals surface area contributed by atoms with Crippen LogP contribution >= 0.6 is 11.6 Å². The number of fused-ring (bicyclic) bond motifs is 1. The highest BCUT2D eigenvalue weighted by Crippen LogP contribution is 2.25. The molecule has 0 aliphatic heterocycles. The largest absolute Gasteiger partial charge is 0.281 e. The third-order valence-electron chi connectivity index (χ3n) is 3.02. The first-order valence-electron chi connectivity index (χ1n) is 6.26. The Bertz CT molecular complexity index is 787. The number of rotatable bonds is 2. The minimum absolute atomic E-state index is 0.640. The Kier molecular flexibility index (Phi) is 3.24. The van der Waals surface area contributed by atoms with E-state index in [-0.39, 0.29) is 0 Å². The SMILES string of the molecule is Cc1ccc(N=Nc2c(C)nc3ccc(Cl)cn23)cc1. The van der Waals surface area contributed by atoms with Crippen LogP contribution in [-0.4, -0.2) is 9.38 Å². The summed E-state index contributed by atoms with van der Waals surface area (Å²) in [4.78, 5) is 4.43. The fourth-order valence-electron chi connectivity index (χ4n) is 1.96. The van der Waals surface area contributed by atoms with Crippen molar-refractivity contribution in [3.63, 3.8) is 0 Å². The lowest BCUT2D eigenvalue weighted by molar-refractivity contribution is 1.09. The zero-order chi connectivity index (χ0) is 14.1. The molecule has 0 fully saturated rings. The minimum atomic E-state index is 0.640. The maximum Gasteiger partial charge on any atom is 0.182 e. The third-order valence-corrected chi connectivity index (χ3v) is 3.24. The van der Waals surface area contributed by atoms with Crippen molar-refractivity contribution in [2.75, 3.05) is 0 Å². The summed E-state index contributed by atoms with van der Waals surface area (Å²) < 4.78 is 1.84. The average molecular weight is 285 g/mol. The molecule has 3 aromatic rings. The van der Waals surface area contributed by atoms with Gasteiger partial charge in [0, 0.05) is 6.20 Å². The highest BCUT2D eigenvalue weighted by molar-refractivity contribution is 6.30. The van der Waals surface area contributed by atoms with Crippen LogP contribution < -0.4 is 0 Å². The molecule has 1 aromatic carbocycles. The van der Waals surface area contributed by atoms with Crippen molar-refractivity contribution in [2.45, 2.75) is 13.8 Å². The molecule has 20 heavy (non-hydrogen) atoms. The van der Waals surface area contributed by atoms with Crippen LogP contribution in [-0.2, 0) is 0 Å². The zero-order valence-corrected chi connectivity index (χ0v) is 12.0.